The number of Topliss-reactive ketones (excluding diaryl/α,β-unsaturated/α-hetero) is 1. The molecule has 0 bridgehead atoms. The van der Waals surface area contributed by atoms with Crippen molar-refractivity contribution in [2.75, 3.05) is 6.61 Å². The molecule has 0 aliphatic carbocycles. The summed E-state index contributed by atoms with van der Waals surface area (Å²) in [6.45, 7) is 1.79. The van der Waals surface area contributed by atoms with Crippen LogP contribution in [0.4, 0.5) is 0 Å². The van der Waals surface area contributed by atoms with Crippen molar-refractivity contribution in [1.29, 1.82) is 5.26 Å². The smallest absolute Gasteiger partial charge is 0.379 e. The van der Waals surface area contributed by atoms with Gasteiger partial charge in [0.2, 0.25) is 0 Å². The zero-order valence-electron chi connectivity index (χ0n) is 9.19. The van der Waals surface area contributed by atoms with Crippen LogP contribution in [0.1, 0.15) is 22.8 Å². The fourth-order valence-corrected chi connectivity index (χ4v) is 1.12. The van der Waals surface area contributed by atoms with Gasteiger partial charge in [-0.05, 0) is 31.2 Å². The molecule has 0 saturated heterocycles. The second-order valence-corrected chi connectivity index (χ2v) is 2.99. The van der Waals surface area contributed by atoms with Gasteiger partial charge in [-0.2, -0.15) is 5.26 Å². The van der Waals surface area contributed by atoms with Crippen molar-refractivity contribution in [3.63, 3.8) is 0 Å². The van der Waals surface area contributed by atoms with Crippen molar-refractivity contribution in [2.24, 2.45) is 0 Å². The Hall–Kier alpha value is -2.59. The molecule has 4 heteroatoms. The maximum atomic E-state index is 11.5. The predicted molar refractivity (Wildman–Crippen MR) is 59.9 cm³/mol. The minimum Gasteiger partial charge on any atom is -0.460 e. The zero-order chi connectivity index (χ0) is 12.7. The number of hydrogen-bond donors (Lipinski definition) is 0. The van der Waals surface area contributed by atoms with Crippen LogP contribution >= 0.6 is 0 Å². The van der Waals surface area contributed by atoms with E-state index in [2.05, 4.69) is 16.6 Å². The average Bonchev–Trinajstić information content (AvgIpc) is 2.36. The van der Waals surface area contributed by atoms with Crippen LogP contribution < -0.4 is 0 Å². The van der Waals surface area contributed by atoms with E-state index in [1.807, 2.05) is 0 Å². The number of benzene rings is 1. The Balaban J connectivity index is 2.85. The van der Waals surface area contributed by atoms with Crippen molar-refractivity contribution < 1.29 is 14.3 Å². The number of esters is 1. The highest BCUT2D eigenvalue weighted by Gasteiger charge is 2.16. The average molecular weight is 227 g/mol. The van der Waals surface area contributed by atoms with E-state index in [0.29, 0.717) is 5.56 Å². The van der Waals surface area contributed by atoms with Crippen LogP contribution in [0.2, 0.25) is 0 Å². The van der Waals surface area contributed by atoms with Crippen molar-refractivity contribution in [2.45, 2.75) is 6.92 Å². The van der Waals surface area contributed by atoms with Crippen LogP contribution in [0.3, 0.4) is 0 Å². The molecular formula is C13H9NO3. The first kappa shape index (κ1) is 12.5. The Bertz CT molecular complexity index is 527. The summed E-state index contributed by atoms with van der Waals surface area (Å²) in [7, 11) is 0. The van der Waals surface area contributed by atoms with Crippen LogP contribution in [0, 0.1) is 23.2 Å². The molecule has 0 heterocycles. The summed E-state index contributed by atoms with van der Waals surface area (Å²) in [4.78, 5) is 22.7. The van der Waals surface area contributed by atoms with Gasteiger partial charge in [0.25, 0.3) is 5.78 Å². The molecule has 0 atom stereocenters. The van der Waals surface area contributed by atoms with Crippen LogP contribution in [-0.4, -0.2) is 18.4 Å². The molecule has 0 aromatic heterocycles. The third kappa shape index (κ3) is 3.48. The summed E-state index contributed by atoms with van der Waals surface area (Å²) in [5.74, 6) is 3.25. The number of hydrogen-bond acceptors (Lipinski definition) is 4. The minimum absolute atomic E-state index is 0.163. The Labute approximate surface area is 98.8 Å². The molecule has 1 rings (SSSR count). The van der Waals surface area contributed by atoms with E-state index in [0.717, 1.165) is 0 Å². The van der Waals surface area contributed by atoms with E-state index >= 15 is 0 Å². The Kier molecular flexibility index (Phi) is 4.47. The van der Waals surface area contributed by atoms with E-state index < -0.39 is 11.8 Å². The zero-order valence-corrected chi connectivity index (χ0v) is 9.19. The van der Waals surface area contributed by atoms with Gasteiger partial charge in [0, 0.05) is 17.0 Å². The van der Waals surface area contributed by atoms with E-state index in [1.54, 1.807) is 25.1 Å². The molecule has 4 nitrogen and oxygen atoms in total. The molecule has 0 aliphatic heterocycles. The number of ether oxygens (including phenoxy) is 1. The van der Waals surface area contributed by atoms with Crippen molar-refractivity contribution in [1.82, 2.24) is 0 Å². The lowest BCUT2D eigenvalue weighted by Gasteiger charge is -2.00. The van der Waals surface area contributed by atoms with Gasteiger partial charge < -0.3 is 4.74 Å². The first-order valence-corrected chi connectivity index (χ1v) is 4.90. The summed E-state index contributed by atoms with van der Waals surface area (Å²) in [5, 5.41) is 8.26. The highest BCUT2D eigenvalue weighted by Crippen LogP contribution is 2.05. The van der Waals surface area contributed by atoms with E-state index in [-0.39, 0.29) is 12.2 Å². The first-order valence-electron chi connectivity index (χ1n) is 4.90. The van der Waals surface area contributed by atoms with Crippen molar-refractivity contribution >= 4 is 11.8 Å². The molecule has 0 saturated carbocycles. The van der Waals surface area contributed by atoms with Crippen LogP contribution in [0.15, 0.2) is 24.3 Å². The van der Waals surface area contributed by atoms with Gasteiger partial charge in [-0.25, -0.2) is 4.79 Å². The van der Waals surface area contributed by atoms with Crippen molar-refractivity contribution in [3.8, 4) is 17.9 Å². The molecule has 84 valence electrons. The fourth-order valence-electron chi connectivity index (χ4n) is 1.12. The third-order valence-electron chi connectivity index (χ3n) is 1.87. The molecule has 1 aromatic carbocycles. The first-order chi connectivity index (χ1) is 8.19. The lowest BCUT2D eigenvalue weighted by molar-refractivity contribution is -0.137. The van der Waals surface area contributed by atoms with Gasteiger partial charge in [0.05, 0.1) is 6.61 Å². The summed E-state index contributed by atoms with van der Waals surface area (Å²) in [5.41, 5.74) is 0.845. The van der Waals surface area contributed by atoms with E-state index in [9.17, 15) is 9.59 Å². The van der Waals surface area contributed by atoms with Gasteiger partial charge in [0.1, 0.15) is 0 Å². The monoisotopic (exact) mass is 227 g/mol. The SMILES string of the molecule is CCOC(=O)C(=O)c1ccc(C#CC#N)cc1. The second-order valence-electron chi connectivity index (χ2n) is 2.99. The van der Waals surface area contributed by atoms with Crippen LogP contribution in [0.25, 0.3) is 0 Å². The molecular weight excluding hydrogens is 218 g/mol. The number of carbonyl (C=O) groups is 2. The standard InChI is InChI=1S/C13H9NO3/c1-2-17-13(16)12(15)11-7-5-10(6-8-11)4-3-9-14/h5-8H,2H2,1H3. The third-order valence-corrected chi connectivity index (χ3v) is 1.87. The molecule has 0 fully saturated rings. The topological polar surface area (TPSA) is 67.2 Å². The molecule has 1 aromatic rings. The quantitative estimate of drug-likeness (QED) is 0.338. The maximum absolute atomic E-state index is 11.5. The van der Waals surface area contributed by atoms with Crippen molar-refractivity contribution in [3.05, 3.63) is 35.4 Å². The molecule has 0 radical (unpaired) electrons. The molecule has 0 spiro atoms. The van der Waals surface area contributed by atoms with Gasteiger partial charge in [-0.3, -0.25) is 4.79 Å². The Morgan fingerprint density at radius 1 is 1.29 bits per heavy atom. The molecule has 0 aliphatic rings. The Morgan fingerprint density at radius 2 is 1.94 bits per heavy atom. The predicted octanol–water partition coefficient (Wildman–Crippen LogP) is 1.31. The summed E-state index contributed by atoms with van der Waals surface area (Å²) >= 11 is 0. The number of ketones is 1. The summed E-state index contributed by atoms with van der Waals surface area (Å²) in [6.07, 6.45) is 0. The lowest BCUT2D eigenvalue weighted by atomic mass is 10.1. The van der Waals surface area contributed by atoms with Gasteiger partial charge in [-0.15, -0.1) is 0 Å². The Morgan fingerprint density at radius 3 is 2.47 bits per heavy atom. The number of rotatable bonds is 3. The summed E-state index contributed by atoms with van der Waals surface area (Å²) in [6, 6.07) is 7.76. The maximum Gasteiger partial charge on any atom is 0.379 e. The number of nitrogens with zero attached hydrogens (tertiary/aromatic N) is 1. The fraction of sp³-hybridized carbons (Fsp3) is 0.154. The summed E-state index contributed by atoms with van der Waals surface area (Å²) < 4.78 is 4.59. The van der Waals surface area contributed by atoms with E-state index in [1.165, 1.54) is 12.1 Å². The molecule has 0 amide bonds. The second kappa shape index (κ2) is 6.09. The highest BCUT2D eigenvalue weighted by atomic mass is 16.5. The van der Waals surface area contributed by atoms with Gasteiger partial charge in [0.15, 0.2) is 6.07 Å². The van der Waals surface area contributed by atoms with Crippen LogP contribution in [0.5, 0.6) is 0 Å². The normalized spacial score (nSPS) is 8.47. The lowest BCUT2D eigenvalue weighted by Crippen LogP contribution is -2.17. The number of carbonyl (C=O) groups excluding carboxylic acids is 2. The minimum atomic E-state index is -0.872. The molecule has 0 unspecified atom stereocenters. The highest BCUT2D eigenvalue weighted by molar-refractivity contribution is 6.40. The molecule has 0 N–H and O–H groups in total. The van der Waals surface area contributed by atoms with Gasteiger partial charge >= 0.3 is 5.97 Å². The van der Waals surface area contributed by atoms with Gasteiger partial charge in [-0.1, -0.05) is 5.92 Å². The largest absolute Gasteiger partial charge is 0.460 e. The van der Waals surface area contributed by atoms with Crippen LogP contribution in [-0.2, 0) is 9.53 Å². The van der Waals surface area contributed by atoms with E-state index in [4.69, 9.17) is 5.26 Å². The molecule has 17 heavy (non-hydrogen) atoms. The number of nitriles is 1.